The summed E-state index contributed by atoms with van der Waals surface area (Å²) in [5.74, 6) is 2.39. The number of nitrogens with one attached hydrogen (secondary N) is 1. The third kappa shape index (κ3) is 2.88. The van der Waals surface area contributed by atoms with E-state index in [1.807, 2.05) is 12.1 Å². The molecule has 1 aliphatic carbocycles. The van der Waals surface area contributed by atoms with E-state index in [9.17, 15) is 0 Å². The molecule has 6 rings (SSSR count). The second-order valence-corrected chi connectivity index (χ2v) is 7.76. The Labute approximate surface area is 173 Å². The van der Waals surface area contributed by atoms with Gasteiger partial charge < -0.3 is 4.57 Å². The minimum atomic E-state index is 0.580. The van der Waals surface area contributed by atoms with Crippen molar-refractivity contribution in [2.24, 2.45) is 0 Å². The Morgan fingerprint density at radius 1 is 0.833 bits per heavy atom. The van der Waals surface area contributed by atoms with Gasteiger partial charge in [-0.3, -0.25) is 0 Å². The number of fused-ring (bicyclic) bond motifs is 1. The van der Waals surface area contributed by atoms with Gasteiger partial charge in [0.15, 0.2) is 0 Å². The van der Waals surface area contributed by atoms with Crippen LogP contribution >= 0.6 is 0 Å². The van der Waals surface area contributed by atoms with E-state index in [1.165, 1.54) is 35.3 Å². The highest BCUT2D eigenvalue weighted by Crippen LogP contribution is 2.41. The highest BCUT2D eigenvalue weighted by Gasteiger charge is 2.29. The fourth-order valence-electron chi connectivity index (χ4n) is 4.19. The Bertz CT molecular complexity index is 1330. The predicted octanol–water partition coefficient (Wildman–Crippen LogP) is 4.81. The van der Waals surface area contributed by atoms with Crippen molar-refractivity contribution < 1.29 is 0 Å². The Balaban J connectivity index is 1.49. The highest BCUT2D eigenvalue weighted by molar-refractivity contribution is 5.82. The van der Waals surface area contributed by atoms with Crippen LogP contribution in [0.25, 0.3) is 33.5 Å². The zero-order valence-corrected chi connectivity index (χ0v) is 16.4. The summed E-state index contributed by atoms with van der Waals surface area (Å²) < 4.78 is 2.39. The van der Waals surface area contributed by atoms with Crippen LogP contribution in [0.2, 0.25) is 0 Å². The molecule has 0 amide bonds. The lowest BCUT2D eigenvalue weighted by molar-refractivity contribution is 0.748. The van der Waals surface area contributed by atoms with Gasteiger partial charge in [-0.15, -0.1) is 10.2 Å². The lowest BCUT2D eigenvalue weighted by Gasteiger charge is -2.15. The van der Waals surface area contributed by atoms with Crippen molar-refractivity contribution in [2.75, 3.05) is 0 Å². The quantitative estimate of drug-likeness (QED) is 0.466. The molecule has 146 valence electrons. The number of para-hydroxylation sites is 2. The third-order valence-corrected chi connectivity index (χ3v) is 5.78. The molecule has 1 N–H and O–H groups in total. The van der Waals surface area contributed by atoms with E-state index in [0.717, 1.165) is 23.2 Å². The topological polar surface area (TPSA) is 72.3 Å². The van der Waals surface area contributed by atoms with E-state index in [1.54, 1.807) is 0 Å². The number of H-pyrrole nitrogens is 1. The molecule has 1 fully saturated rings. The Morgan fingerprint density at radius 3 is 2.37 bits per heavy atom. The second-order valence-electron chi connectivity index (χ2n) is 7.76. The van der Waals surface area contributed by atoms with Gasteiger partial charge in [0.05, 0.1) is 11.0 Å². The smallest absolute Gasteiger partial charge is 0.205 e. The van der Waals surface area contributed by atoms with E-state index in [4.69, 9.17) is 4.98 Å². The van der Waals surface area contributed by atoms with Gasteiger partial charge in [-0.25, -0.2) is 4.98 Å². The van der Waals surface area contributed by atoms with Crippen molar-refractivity contribution in [1.82, 2.24) is 30.2 Å². The van der Waals surface area contributed by atoms with Gasteiger partial charge >= 0.3 is 0 Å². The fraction of sp³-hybridized carbons (Fsp3) is 0.167. The zero-order valence-electron chi connectivity index (χ0n) is 16.4. The van der Waals surface area contributed by atoms with Crippen molar-refractivity contribution in [2.45, 2.75) is 25.3 Å². The molecular weight excluding hydrogens is 372 g/mol. The molecule has 5 aromatic rings. The molecular formula is C24H20N6. The van der Waals surface area contributed by atoms with Crippen molar-refractivity contribution >= 4 is 11.0 Å². The molecule has 0 atom stereocenters. The number of aromatic amines is 1. The Morgan fingerprint density at radius 2 is 1.57 bits per heavy atom. The summed E-state index contributed by atoms with van der Waals surface area (Å²) >= 11 is 0. The molecule has 0 aliphatic heterocycles. The lowest BCUT2D eigenvalue weighted by Crippen LogP contribution is -2.06. The number of hydrogen-bond donors (Lipinski definition) is 1. The molecule has 1 saturated carbocycles. The lowest BCUT2D eigenvalue weighted by atomic mass is 9.95. The van der Waals surface area contributed by atoms with Crippen LogP contribution in [-0.2, 0) is 6.54 Å². The third-order valence-electron chi connectivity index (χ3n) is 5.78. The molecule has 2 aromatic heterocycles. The van der Waals surface area contributed by atoms with Crippen molar-refractivity contribution in [3.8, 4) is 22.5 Å². The van der Waals surface area contributed by atoms with Crippen molar-refractivity contribution in [3.63, 3.8) is 0 Å². The average molecular weight is 392 g/mol. The summed E-state index contributed by atoms with van der Waals surface area (Å²) in [4.78, 5) is 4.96. The van der Waals surface area contributed by atoms with Crippen LogP contribution in [-0.4, -0.2) is 30.2 Å². The minimum Gasteiger partial charge on any atom is -0.323 e. The van der Waals surface area contributed by atoms with Gasteiger partial charge in [0.25, 0.3) is 0 Å². The number of hydrogen-bond acceptors (Lipinski definition) is 4. The number of imidazole rings is 1. The maximum Gasteiger partial charge on any atom is 0.205 e. The van der Waals surface area contributed by atoms with Gasteiger partial charge in [-0.1, -0.05) is 60.7 Å². The van der Waals surface area contributed by atoms with E-state index < -0.39 is 0 Å². The number of nitrogens with zero attached hydrogens (tertiary/aromatic N) is 5. The molecule has 0 spiro atoms. The van der Waals surface area contributed by atoms with Crippen LogP contribution in [0.4, 0.5) is 0 Å². The van der Waals surface area contributed by atoms with Crippen LogP contribution in [0.1, 0.15) is 30.1 Å². The van der Waals surface area contributed by atoms with Gasteiger partial charge in [-0.2, -0.15) is 5.21 Å². The molecule has 0 bridgehead atoms. The maximum atomic E-state index is 4.96. The minimum absolute atomic E-state index is 0.580. The van der Waals surface area contributed by atoms with Gasteiger partial charge in [-0.05, 0) is 46.9 Å². The molecule has 0 unspecified atom stereocenters. The summed E-state index contributed by atoms with van der Waals surface area (Å²) in [5, 5.41) is 14.7. The van der Waals surface area contributed by atoms with Crippen LogP contribution < -0.4 is 0 Å². The van der Waals surface area contributed by atoms with Gasteiger partial charge in [0.1, 0.15) is 5.82 Å². The molecule has 6 nitrogen and oxygen atoms in total. The molecule has 3 aromatic carbocycles. The highest BCUT2D eigenvalue weighted by atomic mass is 15.5. The molecule has 0 radical (unpaired) electrons. The van der Waals surface area contributed by atoms with E-state index in [-0.39, 0.29) is 0 Å². The molecule has 2 heterocycles. The monoisotopic (exact) mass is 392 g/mol. The molecule has 30 heavy (non-hydrogen) atoms. The fourth-order valence-corrected chi connectivity index (χ4v) is 4.19. The van der Waals surface area contributed by atoms with Crippen molar-refractivity contribution in [3.05, 3.63) is 84.2 Å². The number of rotatable bonds is 5. The van der Waals surface area contributed by atoms with Crippen LogP contribution in [0.5, 0.6) is 0 Å². The standard InChI is InChI=1S/C24H20N6/c1-2-8-18(19-9-3-4-10-20(19)23-26-28-29-27-23)17(7-1)15-30-22-12-6-5-11-21(22)25-24(30)16-13-14-16/h1-12,16H,13-15H2,(H,26,27,28,29). The first-order valence-electron chi connectivity index (χ1n) is 10.2. The number of aromatic nitrogens is 6. The SMILES string of the molecule is c1ccc(-c2ccccc2-c2nn[nH]n2)c(Cn2c(C3CC3)nc3ccccc32)c1. The van der Waals surface area contributed by atoms with Gasteiger partial charge in [0, 0.05) is 18.0 Å². The maximum absolute atomic E-state index is 4.96. The van der Waals surface area contributed by atoms with Crippen LogP contribution in [0.15, 0.2) is 72.8 Å². The second kappa shape index (κ2) is 6.91. The Hall–Kier alpha value is -3.80. The largest absolute Gasteiger partial charge is 0.323 e. The van der Waals surface area contributed by atoms with Crippen LogP contribution in [0.3, 0.4) is 0 Å². The van der Waals surface area contributed by atoms with Crippen molar-refractivity contribution in [1.29, 1.82) is 0 Å². The van der Waals surface area contributed by atoms with E-state index in [2.05, 4.69) is 85.9 Å². The first-order valence-corrected chi connectivity index (χ1v) is 10.2. The molecule has 1 aliphatic rings. The molecule has 6 heteroatoms. The Kier molecular flexibility index (Phi) is 3.94. The predicted molar refractivity (Wildman–Crippen MR) is 116 cm³/mol. The number of benzene rings is 3. The first kappa shape index (κ1) is 17.1. The van der Waals surface area contributed by atoms with E-state index in [0.29, 0.717) is 11.7 Å². The summed E-state index contributed by atoms with van der Waals surface area (Å²) in [6.07, 6.45) is 2.46. The summed E-state index contributed by atoms with van der Waals surface area (Å²) in [6, 6.07) is 25.2. The van der Waals surface area contributed by atoms with E-state index >= 15 is 0 Å². The molecule has 0 saturated heterocycles. The van der Waals surface area contributed by atoms with Crippen LogP contribution in [0, 0.1) is 0 Å². The average Bonchev–Trinajstić information content (AvgIpc) is 3.36. The first-order chi connectivity index (χ1) is 14.9. The zero-order chi connectivity index (χ0) is 19.9. The number of tetrazole rings is 1. The normalized spacial score (nSPS) is 13.7. The summed E-state index contributed by atoms with van der Waals surface area (Å²) in [7, 11) is 0. The van der Waals surface area contributed by atoms with Gasteiger partial charge in [0.2, 0.25) is 5.82 Å². The summed E-state index contributed by atoms with van der Waals surface area (Å²) in [5.41, 5.74) is 6.77. The summed E-state index contributed by atoms with van der Waals surface area (Å²) in [6.45, 7) is 0.781.